The molecule has 0 aliphatic heterocycles. The number of hydrogen-bond acceptors (Lipinski definition) is 3. The summed E-state index contributed by atoms with van der Waals surface area (Å²) >= 11 is 3.27. The molecule has 0 fully saturated rings. The van der Waals surface area contributed by atoms with E-state index in [0.717, 1.165) is 4.47 Å². The number of nitrogens with zero attached hydrogens (tertiary/aromatic N) is 1. The molecule has 0 unspecified atom stereocenters. The molecule has 1 aromatic heterocycles. The van der Waals surface area contributed by atoms with E-state index >= 15 is 0 Å². The molecule has 1 heterocycles. The van der Waals surface area contributed by atoms with Crippen molar-refractivity contribution in [3.8, 4) is 0 Å². The van der Waals surface area contributed by atoms with E-state index in [2.05, 4.69) is 31.2 Å². The Bertz CT molecular complexity index is 592. The summed E-state index contributed by atoms with van der Waals surface area (Å²) in [6.07, 6.45) is 1.17. The highest BCUT2D eigenvalue weighted by Gasteiger charge is 2.19. The first kappa shape index (κ1) is 12.3. The molecule has 0 aliphatic rings. The Labute approximate surface area is 110 Å². The van der Waals surface area contributed by atoms with Crippen LogP contribution in [0, 0.1) is 0 Å². The van der Waals surface area contributed by atoms with Crippen LogP contribution in [0.1, 0.15) is 21.0 Å². The third-order valence-electron chi connectivity index (χ3n) is 2.17. The molecule has 0 spiro atoms. The SMILES string of the molecule is O=C(Nc1ccc(Br)cc1)c1nc[nH]c1C(=O)O. The summed E-state index contributed by atoms with van der Waals surface area (Å²) in [5.41, 5.74) is 0.178. The number of rotatable bonds is 3. The van der Waals surface area contributed by atoms with Gasteiger partial charge in [-0.1, -0.05) is 15.9 Å². The lowest BCUT2D eigenvalue weighted by Gasteiger charge is -2.03. The second-order valence-electron chi connectivity index (χ2n) is 3.39. The van der Waals surface area contributed by atoms with Crippen molar-refractivity contribution in [1.82, 2.24) is 9.97 Å². The molecule has 7 heteroatoms. The summed E-state index contributed by atoms with van der Waals surface area (Å²) < 4.78 is 0.881. The molecule has 2 aromatic rings. The van der Waals surface area contributed by atoms with E-state index in [1.165, 1.54) is 6.33 Å². The number of amides is 1. The van der Waals surface area contributed by atoms with Gasteiger partial charge in [-0.25, -0.2) is 9.78 Å². The minimum atomic E-state index is -1.23. The maximum Gasteiger partial charge on any atom is 0.354 e. The fourth-order valence-electron chi connectivity index (χ4n) is 1.35. The Hall–Kier alpha value is -2.15. The van der Waals surface area contributed by atoms with Crippen LogP contribution in [0.3, 0.4) is 0 Å². The highest BCUT2D eigenvalue weighted by molar-refractivity contribution is 9.10. The molecular formula is C11H8BrN3O3. The summed E-state index contributed by atoms with van der Waals surface area (Å²) in [5.74, 6) is -1.80. The van der Waals surface area contributed by atoms with Crippen LogP contribution in [0.25, 0.3) is 0 Å². The zero-order valence-electron chi connectivity index (χ0n) is 8.98. The number of H-pyrrole nitrogens is 1. The largest absolute Gasteiger partial charge is 0.477 e. The van der Waals surface area contributed by atoms with E-state index in [9.17, 15) is 9.59 Å². The fraction of sp³-hybridized carbons (Fsp3) is 0. The third kappa shape index (κ3) is 2.57. The van der Waals surface area contributed by atoms with Crippen LogP contribution in [-0.4, -0.2) is 27.0 Å². The Balaban J connectivity index is 2.19. The minimum absolute atomic E-state index is 0.148. The topological polar surface area (TPSA) is 95.1 Å². The van der Waals surface area contributed by atoms with Gasteiger partial charge in [0.1, 0.15) is 0 Å². The van der Waals surface area contributed by atoms with Crippen molar-refractivity contribution in [1.29, 1.82) is 0 Å². The van der Waals surface area contributed by atoms with Gasteiger partial charge in [0.2, 0.25) is 0 Å². The van der Waals surface area contributed by atoms with Crippen LogP contribution in [0.4, 0.5) is 5.69 Å². The highest BCUT2D eigenvalue weighted by atomic mass is 79.9. The number of carboxylic acid groups (broad SMARTS) is 1. The smallest absolute Gasteiger partial charge is 0.354 e. The second-order valence-corrected chi connectivity index (χ2v) is 4.31. The minimum Gasteiger partial charge on any atom is -0.477 e. The van der Waals surface area contributed by atoms with Crippen LogP contribution >= 0.6 is 15.9 Å². The molecule has 0 saturated carbocycles. The Morgan fingerprint density at radius 1 is 1.28 bits per heavy atom. The molecule has 0 bridgehead atoms. The number of benzene rings is 1. The monoisotopic (exact) mass is 309 g/mol. The standard InChI is InChI=1S/C11H8BrN3O3/c12-6-1-3-7(4-2-6)15-10(16)8-9(11(17)18)14-5-13-8/h1-5H,(H,13,14)(H,15,16)(H,17,18). The van der Waals surface area contributed by atoms with E-state index in [0.29, 0.717) is 5.69 Å². The van der Waals surface area contributed by atoms with Crippen LogP contribution < -0.4 is 5.32 Å². The van der Waals surface area contributed by atoms with E-state index in [1.807, 2.05) is 0 Å². The van der Waals surface area contributed by atoms with Gasteiger partial charge in [-0.05, 0) is 24.3 Å². The van der Waals surface area contributed by atoms with Gasteiger partial charge in [0.05, 0.1) is 6.33 Å². The molecule has 0 atom stereocenters. The maximum absolute atomic E-state index is 11.8. The summed E-state index contributed by atoms with van der Waals surface area (Å²) in [4.78, 5) is 28.7. The van der Waals surface area contributed by atoms with Crippen LogP contribution in [0.2, 0.25) is 0 Å². The van der Waals surface area contributed by atoms with Gasteiger partial charge in [-0.15, -0.1) is 0 Å². The zero-order chi connectivity index (χ0) is 13.1. The lowest BCUT2D eigenvalue weighted by molar-refractivity contribution is 0.0686. The summed E-state index contributed by atoms with van der Waals surface area (Å²) in [5, 5.41) is 11.4. The van der Waals surface area contributed by atoms with E-state index < -0.39 is 11.9 Å². The number of anilines is 1. The first-order chi connectivity index (χ1) is 8.58. The Morgan fingerprint density at radius 2 is 1.94 bits per heavy atom. The van der Waals surface area contributed by atoms with Gasteiger partial charge in [0.15, 0.2) is 11.4 Å². The average Bonchev–Trinajstić information content (AvgIpc) is 2.81. The molecule has 0 aliphatic carbocycles. The van der Waals surface area contributed by atoms with E-state index in [4.69, 9.17) is 5.11 Å². The molecular weight excluding hydrogens is 302 g/mol. The third-order valence-corrected chi connectivity index (χ3v) is 2.70. The lowest BCUT2D eigenvalue weighted by Crippen LogP contribution is -2.16. The molecule has 1 aromatic carbocycles. The van der Waals surface area contributed by atoms with Gasteiger partial charge in [0.25, 0.3) is 5.91 Å². The van der Waals surface area contributed by atoms with Gasteiger partial charge >= 0.3 is 5.97 Å². The number of aromatic amines is 1. The number of carbonyl (C=O) groups excluding carboxylic acids is 1. The predicted octanol–water partition coefficient (Wildman–Crippen LogP) is 2.12. The molecule has 0 radical (unpaired) electrons. The van der Waals surface area contributed by atoms with Crippen molar-refractivity contribution in [3.05, 3.63) is 46.5 Å². The first-order valence-electron chi connectivity index (χ1n) is 4.91. The molecule has 3 N–H and O–H groups in total. The number of nitrogens with one attached hydrogen (secondary N) is 2. The average molecular weight is 310 g/mol. The van der Waals surface area contributed by atoms with E-state index in [-0.39, 0.29) is 11.4 Å². The summed E-state index contributed by atoms with van der Waals surface area (Å²) in [6, 6.07) is 6.90. The Kier molecular flexibility index (Phi) is 3.42. The maximum atomic E-state index is 11.8. The summed E-state index contributed by atoms with van der Waals surface area (Å²) in [7, 11) is 0. The molecule has 92 valence electrons. The fourth-order valence-corrected chi connectivity index (χ4v) is 1.62. The van der Waals surface area contributed by atoms with E-state index in [1.54, 1.807) is 24.3 Å². The predicted molar refractivity (Wildman–Crippen MR) is 67.6 cm³/mol. The van der Waals surface area contributed by atoms with Crippen LogP contribution in [0.5, 0.6) is 0 Å². The Morgan fingerprint density at radius 3 is 2.56 bits per heavy atom. The van der Waals surface area contributed by atoms with Gasteiger partial charge in [-0.2, -0.15) is 0 Å². The number of halogens is 1. The number of carboxylic acids is 1. The number of hydrogen-bond donors (Lipinski definition) is 3. The first-order valence-corrected chi connectivity index (χ1v) is 5.71. The molecule has 2 rings (SSSR count). The number of aromatic nitrogens is 2. The van der Waals surface area contributed by atoms with Gasteiger partial charge in [-0.3, -0.25) is 4.79 Å². The van der Waals surface area contributed by atoms with Crippen molar-refractivity contribution in [2.24, 2.45) is 0 Å². The van der Waals surface area contributed by atoms with Crippen molar-refractivity contribution in [2.45, 2.75) is 0 Å². The molecule has 18 heavy (non-hydrogen) atoms. The second kappa shape index (κ2) is 5.01. The highest BCUT2D eigenvalue weighted by Crippen LogP contribution is 2.15. The number of carbonyl (C=O) groups is 2. The number of imidazole rings is 1. The van der Waals surface area contributed by atoms with Crippen molar-refractivity contribution in [2.75, 3.05) is 5.32 Å². The van der Waals surface area contributed by atoms with Crippen LogP contribution in [-0.2, 0) is 0 Å². The van der Waals surface area contributed by atoms with Crippen molar-refractivity contribution < 1.29 is 14.7 Å². The van der Waals surface area contributed by atoms with Crippen molar-refractivity contribution in [3.63, 3.8) is 0 Å². The van der Waals surface area contributed by atoms with Gasteiger partial charge in [0, 0.05) is 10.2 Å². The normalized spacial score (nSPS) is 10.1. The molecule has 6 nitrogen and oxygen atoms in total. The van der Waals surface area contributed by atoms with Crippen LogP contribution in [0.15, 0.2) is 35.1 Å². The molecule has 1 amide bonds. The quantitative estimate of drug-likeness (QED) is 0.809. The van der Waals surface area contributed by atoms with Crippen molar-refractivity contribution >= 4 is 33.5 Å². The number of aromatic carboxylic acids is 1. The lowest BCUT2D eigenvalue weighted by atomic mass is 10.2. The van der Waals surface area contributed by atoms with Gasteiger partial charge < -0.3 is 15.4 Å². The summed E-state index contributed by atoms with van der Waals surface area (Å²) in [6.45, 7) is 0. The molecule has 0 saturated heterocycles. The zero-order valence-corrected chi connectivity index (χ0v) is 10.6.